The van der Waals surface area contributed by atoms with Crippen molar-refractivity contribution in [2.45, 2.75) is 0 Å². The van der Waals surface area contributed by atoms with Gasteiger partial charge in [-0.1, -0.05) is 56.1 Å². The lowest BCUT2D eigenvalue weighted by Gasteiger charge is -2.16. The van der Waals surface area contributed by atoms with Crippen LogP contribution in [0.15, 0.2) is 68.6 Å². The van der Waals surface area contributed by atoms with E-state index in [-0.39, 0.29) is 11.8 Å². The van der Waals surface area contributed by atoms with E-state index in [4.69, 9.17) is 0 Å². The molecule has 2 heterocycles. The minimum Gasteiger partial charge on any atom is -0.321 e. The third-order valence-electron chi connectivity index (χ3n) is 4.31. The molecule has 6 heteroatoms. The Morgan fingerprint density at radius 3 is 1.88 bits per heavy atom. The highest BCUT2D eigenvalue weighted by Crippen LogP contribution is 2.41. The van der Waals surface area contributed by atoms with E-state index in [0.29, 0.717) is 22.5 Å². The number of nitrogens with zero attached hydrogens (tertiary/aromatic N) is 1. The number of nitrogens with one attached hydrogen (secondary N) is 1. The summed E-state index contributed by atoms with van der Waals surface area (Å²) in [6.07, 6.45) is 0. The molecule has 2 amide bonds. The number of hydrogen-bond donors (Lipinski definition) is 1. The zero-order valence-electron chi connectivity index (χ0n) is 13.1. The molecule has 0 spiro atoms. The van der Waals surface area contributed by atoms with Crippen LogP contribution in [0.25, 0.3) is 11.4 Å². The van der Waals surface area contributed by atoms with Gasteiger partial charge in [-0.25, -0.2) is 0 Å². The van der Waals surface area contributed by atoms with E-state index in [0.717, 1.165) is 20.1 Å². The summed E-state index contributed by atoms with van der Waals surface area (Å²) in [5, 5.41) is 2.86. The third kappa shape index (κ3) is 2.56. The summed E-state index contributed by atoms with van der Waals surface area (Å²) in [6, 6.07) is 15.1. The van der Waals surface area contributed by atoms with E-state index in [1.165, 1.54) is 0 Å². The van der Waals surface area contributed by atoms with Crippen LogP contribution in [0.3, 0.4) is 0 Å². The van der Waals surface area contributed by atoms with Gasteiger partial charge in [0, 0.05) is 16.0 Å². The molecule has 2 aliphatic heterocycles. The second-order valence-electron chi connectivity index (χ2n) is 5.81. The van der Waals surface area contributed by atoms with Crippen molar-refractivity contribution < 1.29 is 9.59 Å². The predicted octanol–water partition coefficient (Wildman–Crippen LogP) is 3.94. The highest BCUT2D eigenvalue weighted by atomic mass is 79.9. The minimum absolute atomic E-state index is 0.177. The van der Waals surface area contributed by atoms with Crippen molar-refractivity contribution >= 4 is 55.1 Å². The van der Waals surface area contributed by atoms with Gasteiger partial charge in [-0.3, -0.25) is 9.59 Å². The molecule has 0 radical (unpaired) electrons. The zero-order chi connectivity index (χ0) is 17.7. The number of carbonyl (C=O) groups is 2. The van der Waals surface area contributed by atoms with Crippen LogP contribution < -0.4 is 5.32 Å². The monoisotopic (exact) mass is 458 g/mol. The maximum absolute atomic E-state index is 12.8. The molecule has 2 aromatic carbocycles. The van der Waals surface area contributed by atoms with Crippen molar-refractivity contribution in [3.63, 3.8) is 0 Å². The number of rotatable bonds is 2. The lowest BCUT2D eigenvalue weighted by molar-refractivity contribution is -0.122. The standard InChI is InChI=1S/C19H12Br2N2O2/c1-23-17(11-4-8-13(21)9-5-11)15-14(19(23)25)16(22-18(15)24)10-2-6-12(20)7-3-10/h2-9H,1H3,(H,22,24). The van der Waals surface area contributed by atoms with Crippen LogP contribution in [-0.2, 0) is 9.59 Å². The molecule has 2 aromatic rings. The molecule has 4 rings (SSSR count). The average Bonchev–Trinajstić information content (AvgIpc) is 3.06. The zero-order valence-corrected chi connectivity index (χ0v) is 16.3. The molecule has 1 N–H and O–H groups in total. The van der Waals surface area contributed by atoms with Gasteiger partial charge in [0.05, 0.1) is 22.5 Å². The van der Waals surface area contributed by atoms with E-state index in [1.807, 2.05) is 48.5 Å². The molecule has 25 heavy (non-hydrogen) atoms. The third-order valence-corrected chi connectivity index (χ3v) is 5.36. The molecular weight excluding hydrogens is 448 g/mol. The summed E-state index contributed by atoms with van der Waals surface area (Å²) in [6.45, 7) is 0. The van der Waals surface area contributed by atoms with Gasteiger partial charge >= 0.3 is 0 Å². The van der Waals surface area contributed by atoms with Crippen LogP contribution in [0.5, 0.6) is 0 Å². The number of benzene rings is 2. The van der Waals surface area contributed by atoms with Crippen LogP contribution >= 0.6 is 31.9 Å². The second kappa shape index (κ2) is 5.97. The number of hydrogen-bond acceptors (Lipinski definition) is 2. The van der Waals surface area contributed by atoms with Crippen molar-refractivity contribution in [2.24, 2.45) is 0 Å². The number of likely N-dealkylation sites (N-methyl/N-ethyl adjacent to an activating group) is 1. The molecule has 0 aromatic heterocycles. The van der Waals surface area contributed by atoms with Gasteiger partial charge in [-0.05, 0) is 35.4 Å². The van der Waals surface area contributed by atoms with Crippen molar-refractivity contribution in [2.75, 3.05) is 7.05 Å². The van der Waals surface area contributed by atoms with Gasteiger partial charge in [0.25, 0.3) is 11.8 Å². The molecule has 0 saturated carbocycles. The Bertz CT molecular complexity index is 973. The molecule has 0 fully saturated rings. The van der Waals surface area contributed by atoms with Gasteiger partial charge in [-0.15, -0.1) is 0 Å². The van der Waals surface area contributed by atoms with Crippen molar-refractivity contribution in [1.82, 2.24) is 10.2 Å². The van der Waals surface area contributed by atoms with Crippen LogP contribution in [0.2, 0.25) is 0 Å². The van der Waals surface area contributed by atoms with Crippen LogP contribution in [0, 0.1) is 0 Å². The lowest BCUT2D eigenvalue weighted by Crippen LogP contribution is -2.23. The SMILES string of the molecule is CN1C(=O)C2=C(c3ccc(Br)cc3)NC(=O)C2=C1c1ccc(Br)cc1. The largest absolute Gasteiger partial charge is 0.321 e. The molecule has 0 unspecified atom stereocenters. The molecule has 0 saturated heterocycles. The highest BCUT2D eigenvalue weighted by molar-refractivity contribution is 9.10. The Morgan fingerprint density at radius 1 is 0.800 bits per heavy atom. The number of carbonyl (C=O) groups excluding carboxylic acids is 2. The normalized spacial score (nSPS) is 16.7. The van der Waals surface area contributed by atoms with E-state index < -0.39 is 0 Å². The molecule has 0 atom stereocenters. The van der Waals surface area contributed by atoms with Crippen LogP contribution in [-0.4, -0.2) is 23.8 Å². The fraction of sp³-hybridized carbons (Fsp3) is 0.0526. The number of amides is 2. The van der Waals surface area contributed by atoms with E-state index in [1.54, 1.807) is 11.9 Å². The Hall–Kier alpha value is -2.18. The molecular formula is C19H12Br2N2O2. The first-order valence-corrected chi connectivity index (χ1v) is 9.16. The maximum atomic E-state index is 12.8. The van der Waals surface area contributed by atoms with Gasteiger partial charge in [0.15, 0.2) is 0 Å². The predicted molar refractivity (Wildman–Crippen MR) is 103 cm³/mol. The fourth-order valence-corrected chi connectivity index (χ4v) is 3.66. The average molecular weight is 460 g/mol. The smallest absolute Gasteiger partial charge is 0.261 e. The van der Waals surface area contributed by atoms with Gasteiger partial charge in [0.1, 0.15) is 0 Å². The Labute approximate surface area is 161 Å². The fourth-order valence-electron chi connectivity index (χ4n) is 3.13. The summed E-state index contributed by atoms with van der Waals surface area (Å²) < 4.78 is 1.88. The summed E-state index contributed by atoms with van der Waals surface area (Å²) in [7, 11) is 1.70. The Balaban J connectivity index is 1.93. The Kier molecular flexibility index (Phi) is 3.89. The highest BCUT2D eigenvalue weighted by Gasteiger charge is 2.43. The van der Waals surface area contributed by atoms with Gasteiger partial charge < -0.3 is 10.2 Å². The Morgan fingerprint density at radius 2 is 1.32 bits per heavy atom. The molecule has 0 bridgehead atoms. The van der Waals surface area contributed by atoms with Gasteiger partial charge in [0.2, 0.25) is 0 Å². The summed E-state index contributed by atoms with van der Waals surface area (Å²) in [4.78, 5) is 27.0. The first-order chi connectivity index (χ1) is 12.0. The maximum Gasteiger partial charge on any atom is 0.261 e. The van der Waals surface area contributed by atoms with Crippen molar-refractivity contribution in [3.05, 3.63) is 79.7 Å². The molecule has 4 nitrogen and oxygen atoms in total. The van der Waals surface area contributed by atoms with E-state index >= 15 is 0 Å². The quantitative estimate of drug-likeness (QED) is 0.739. The van der Waals surface area contributed by atoms with Gasteiger partial charge in [-0.2, -0.15) is 0 Å². The minimum atomic E-state index is -0.247. The molecule has 0 aliphatic carbocycles. The topological polar surface area (TPSA) is 49.4 Å². The number of fused-ring (bicyclic) bond motifs is 1. The number of halogens is 2. The lowest BCUT2D eigenvalue weighted by atomic mass is 10.0. The molecule has 124 valence electrons. The van der Waals surface area contributed by atoms with Crippen molar-refractivity contribution in [3.8, 4) is 0 Å². The summed E-state index contributed by atoms with van der Waals surface area (Å²) >= 11 is 6.80. The van der Waals surface area contributed by atoms with E-state index in [2.05, 4.69) is 37.2 Å². The summed E-state index contributed by atoms with van der Waals surface area (Å²) in [5.41, 5.74) is 3.71. The van der Waals surface area contributed by atoms with E-state index in [9.17, 15) is 9.59 Å². The van der Waals surface area contributed by atoms with Crippen LogP contribution in [0.1, 0.15) is 11.1 Å². The molecule has 2 aliphatic rings. The first-order valence-electron chi connectivity index (χ1n) is 7.57. The van der Waals surface area contributed by atoms with Crippen LogP contribution in [0.4, 0.5) is 0 Å². The first kappa shape index (κ1) is 16.3. The second-order valence-corrected chi connectivity index (χ2v) is 7.64. The van der Waals surface area contributed by atoms with Crippen molar-refractivity contribution in [1.29, 1.82) is 0 Å². The summed E-state index contributed by atoms with van der Waals surface area (Å²) in [5.74, 6) is -0.423.